The van der Waals surface area contributed by atoms with Crippen LogP contribution in [0.2, 0.25) is 0 Å². The van der Waals surface area contributed by atoms with Gasteiger partial charge in [0.05, 0.1) is 0 Å². The Morgan fingerprint density at radius 3 is 2.75 bits per heavy atom. The lowest BCUT2D eigenvalue weighted by Gasteiger charge is -2.26. The first-order chi connectivity index (χ1) is 7.70. The highest BCUT2D eigenvalue weighted by Gasteiger charge is 2.17. The average Bonchev–Trinajstić information content (AvgIpc) is 2.30. The second-order valence-corrected chi connectivity index (χ2v) is 5.52. The SMILES string of the molecule is Cc1nc(N2CCS(=O)CC2)ncc1CN. The Kier molecular flexibility index (Phi) is 3.50. The number of nitrogens with two attached hydrogens (primary N) is 1. The molecule has 0 atom stereocenters. The van der Waals surface area contributed by atoms with Crippen molar-refractivity contribution < 1.29 is 4.21 Å². The number of aromatic nitrogens is 2. The maximum Gasteiger partial charge on any atom is 0.225 e. The van der Waals surface area contributed by atoms with E-state index in [1.807, 2.05) is 6.92 Å². The van der Waals surface area contributed by atoms with Gasteiger partial charge in [-0.1, -0.05) is 0 Å². The molecule has 0 amide bonds. The Hall–Kier alpha value is -1.01. The van der Waals surface area contributed by atoms with Crippen LogP contribution in [0.3, 0.4) is 0 Å². The van der Waals surface area contributed by atoms with Crippen LogP contribution >= 0.6 is 0 Å². The molecular weight excluding hydrogens is 224 g/mol. The Labute approximate surface area is 97.5 Å². The van der Waals surface area contributed by atoms with E-state index >= 15 is 0 Å². The van der Waals surface area contributed by atoms with Gasteiger partial charge < -0.3 is 10.6 Å². The van der Waals surface area contributed by atoms with Crippen LogP contribution in [0.25, 0.3) is 0 Å². The van der Waals surface area contributed by atoms with Gasteiger partial charge in [-0.3, -0.25) is 4.21 Å². The van der Waals surface area contributed by atoms with Gasteiger partial charge in [0.2, 0.25) is 5.95 Å². The summed E-state index contributed by atoms with van der Waals surface area (Å²) < 4.78 is 11.2. The monoisotopic (exact) mass is 240 g/mol. The van der Waals surface area contributed by atoms with Gasteiger partial charge in [0, 0.05) is 59.4 Å². The van der Waals surface area contributed by atoms with E-state index in [0.29, 0.717) is 18.1 Å². The topological polar surface area (TPSA) is 72.1 Å². The molecule has 1 aliphatic heterocycles. The van der Waals surface area contributed by atoms with E-state index in [1.165, 1.54) is 0 Å². The van der Waals surface area contributed by atoms with E-state index < -0.39 is 10.8 Å². The number of hydrogen-bond donors (Lipinski definition) is 1. The Balaban J connectivity index is 2.15. The maximum atomic E-state index is 11.2. The molecule has 0 aromatic carbocycles. The molecule has 1 saturated heterocycles. The molecule has 0 saturated carbocycles. The molecule has 0 spiro atoms. The van der Waals surface area contributed by atoms with Crippen LogP contribution in [0.15, 0.2) is 6.20 Å². The first-order valence-electron chi connectivity index (χ1n) is 5.33. The molecule has 0 aliphatic carbocycles. The van der Waals surface area contributed by atoms with Crippen LogP contribution in [0, 0.1) is 6.92 Å². The van der Waals surface area contributed by atoms with Crippen LogP contribution < -0.4 is 10.6 Å². The van der Waals surface area contributed by atoms with E-state index in [9.17, 15) is 4.21 Å². The van der Waals surface area contributed by atoms with Gasteiger partial charge >= 0.3 is 0 Å². The van der Waals surface area contributed by atoms with Crippen molar-refractivity contribution in [3.05, 3.63) is 17.5 Å². The van der Waals surface area contributed by atoms with Gasteiger partial charge in [-0.05, 0) is 6.92 Å². The average molecular weight is 240 g/mol. The van der Waals surface area contributed by atoms with Crippen molar-refractivity contribution in [2.75, 3.05) is 29.5 Å². The summed E-state index contributed by atoms with van der Waals surface area (Å²) in [6.45, 7) is 3.95. The number of anilines is 1. The molecule has 0 bridgehead atoms. The van der Waals surface area contributed by atoms with E-state index in [1.54, 1.807) is 6.20 Å². The van der Waals surface area contributed by atoms with E-state index in [-0.39, 0.29) is 0 Å². The van der Waals surface area contributed by atoms with E-state index in [0.717, 1.165) is 30.3 Å². The third-order valence-electron chi connectivity index (χ3n) is 2.75. The summed E-state index contributed by atoms with van der Waals surface area (Å²) in [6, 6.07) is 0. The fraction of sp³-hybridized carbons (Fsp3) is 0.600. The molecule has 5 nitrogen and oxygen atoms in total. The van der Waals surface area contributed by atoms with Gasteiger partial charge in [-0.25, -0.2) is 9.97 Å². The zero-order chi connectivity index (χ0) is 11.5. The second-order valence-electron chi connectivity index (χ2n) is 3.82. The lowest BCUT2D eigenvalue weighted by Crippen LogP contribution is -2.38. The molecular formula is C10H16N4OS. The highest BCUT2D eigenvalue weighted by Crippen LogP contribution is 2.12. The normalized spacial score (nSPS) is 17.8. The summed E-state index contributed by atoms with van der Waals surface area (Å²) in [4.78, 5) is 10.8. The highest BCUT2D eigenvalue weighted by atomic mass is 32.2. The zero-order valence-electron chi connectivity index (χ0n) is 9.35. The number of hydrogen-bond acceptors (Lipinski definition) is 5. The Morgan fingerprint density at radius 1 is 1.50 bits per heavy atom. The fourth-order valence-electron chi connectivity index (χ4n) is 1.67. The third-order valence-corrected chi connectivity index (χ3v) is 4.02. The number of aryl methyl sites for hydroxylation is 1. The smallest absolute Gasteiger partial charge is 0.225 e. The molecule has 6 heteroatoms. The largest absolute Gasteiger partial charge is 0.339 e. The van der Waals surface area contributed by atoms with Crippen molar-refractivity contribution in [2.45, 2.75) is 13.5 Å². The standard InChI is InChI=1S/C10H16N4OS/c1-8-9(6-11)7-12-10(13-8)14-2-4-16(15)5-3-14/h7H,2-6,11H2,1H3. The molecule has 1 aliphatic rings. The summed E-state index contributed by atoms with van der Waals surface area (Å²) in [5, 5.41) is 0. The van der Waals surface area contributed by atoms with Crippen molar-refractivity contribution >= 4 is 16.7 Å². The molecule has 2 N–H and O–H groups in total. The van der Waals surface area contributed by atoms with Crippen LogP contribution in [-0.4, -0.2) is 38.8 Å². The minimum Gasteiger partial charge on any atom is -0.339 e. The molecule has 1 fully saturated rings. The summed E-state index contributed by atoms with van der Waals surface area (Å²) >= 11 is 0. The quantitative estimate of drug-likeness (QED) is 0.776. The minimum atomic E-state index is -0.663. The van der Waals surface area contributed by atoms with Gasteiger partial charge in [-0.15, -0.1) is 0 Å². The third kappa shape index (κ3) is 2.38. The molecule has 2 rings (SSSR count). The minimum absolute atomic E-state index is 0.468. The molecule has 88 valence electrons. The summed E-state index contributed by atoms with van der Waals surface area (Å²) in [5.74, 6) is 2.15. The van der Waals surface area contributed by atoms with Crippen molar-refractivity contribution in [2.24, 2.45) is 5.73 Å². The molecule has 1 aromatic rings. The lowest BCUT2D eigenvalue weighted by molar-refractivity contribution is 0.671. The zero-order valence-corrected chi connectivity index (χ0v) is 10.2. The molecule has 0 radical (unpaired) electrons. The Morgan fingerprint density at radius 2 is 2.19 bits per heavy atom. The number of nitrogens with zero attached hydrogens (tertiary/aromatic N) is 3. The lowest BCUT2D eigenvalue weighted by atomic mass is 10.2. The molecule has 1 aromatic heterocycles. The summed E-state index contributed by atoms with van der Waals surface area (Å²) in [7, 11) is -0.663. The van der Waals surface area contributed by atoms with E-state index in [4.69, 9.17) is 5.73 Å². The first kappa shape index (κ1) is 11.5. The molecule has 16 heavy (non-hydrogen) atoms. The van der Waals surface area contributed by atoms with Gasteiger partial charge in [-0.2, -0.15) is 0 Å². The van der Waals surface area contributed by atoms with Crippen molar-refractivity contribution in [3.8, 4) is 0 Å². The van der Waals surface area contributed by atoms with Crippen LogP contribution in [0.5, 0.6) is 0 Å². The summed E-state index contributed by atoms with van der Waals surface area (Å²) in [6.07, 6.45) is 1.78. The maximum absolute atomic E-state index is 11.2. The van der Waals surface area contributed by atoms with Crippen LogP contribution in [0.4, 0.5) is 5.95 Å². The predicted molar refractivity (Wildman–Crippen MR) is 64.7 cm³/mol. The van der Waals surface area contributed by atoms with Gasteiger partial charge in [0.25, 0.3) is 0 Å². The predicted octanol–water partition coefficient (Wildman–Crippen LogP) is -0.188. The summed E-state index contributed by atoms with van der Waals surface area (Å²) in [5.41, 5.74) is 7.47. The second kappa shape index (κ2) is 4.88. The molecule has 0 unspecified atom stereocenters. The van der Waals surface area contributed by atoms with Crippen LogP contribution in [-0.2, 0) is 17.3 Å². The fourth-order valence-corrected chi connectivity index (χ4v) is 2.72. The number of rotatable bonds is 2. The highest BCUT2D eigenvalue weighted by molar-refractivity contribution is 7.85. The van der Waals surface area contributed by atoms with Gasteiger partial charge in [0.15, 0.2) is 0 Å². The van der Waals surface area contributed by atoms with Crippen molar-refractivity contribution in [1.29, 1.82) is 0 Å². The molecule has 2 heterocycles. The van der Waals surface area contributed by atoms with Gasteiger partial charge in [0.1, 0.15) is 0 Å². The van der Waals surface area contributed by atoms with Crippen molar-refractivity contribution in [1.82, 2.24) is 9.97 Å². The van der Waals surface area contributed by atoms with Crippen LogP contribution in [0.1, 0.15) is 11.3 Å². The van der Waals surface area contributed by atoms with E-state index in [2.05, 4.69) is 14.9 Å². The first-order valence-corrected chi connectivity index (χ1v) is 6.82. The Bertz CT molecular complexity index is 400. The van der Waals surface area contributed by atoms with Crippen molar-refractivity contribution in [3.63, 3.8) is 0 Å².